The van der Waals surface area contributed by atoms with E-state index in [0.29, 0.717) is 12.1 Å². The molecule has 3 N–H and O–H groups in total. The van der Waals surface area contributed by atoms with Crippen LogP contribution in [-0.4, -0.2) is 21.0 Å². The summed E-state index contributed by atoms with van der Waals surface area (Å²) < 4.78 is 0. The lowest BCUT2D eigenvalue weighted by Crippen LogP contribution is -2.01. The van der Waals surface area contributed by atoms with Crippen LogP contribution in [0.5, 0.6) is 0 Å². The van der Waals surface area contributed by atoms with Gasteiger partial charge >= 0.3 is 5.97 Å². The highest BCUT2D eigenvalue weighted by molar-refractivity contribution is 5.87. The number of aromatic carboxylic acids is 1. The van der Waals surface area contributed by atoms with Crippen LogP contribution in [0.15, 0.2) is 72.8 Å². The van der Waals surface area contributed by atoms with Crippen molar-refractivity contribution < 1.29 is 9.90 Å². The number of carbonyl (C=O) groups is 1. The Balaban J connectivity index is 1.45. The average Bonchev–Trinajstić information content (AvgIpc) is 3.11. The minimum atomic E-state index is -0.911. The van der Waals surface area contributed by atoms with Crippen molar-refractivity contribution in [3.63, 3.8) is 0 Å². The largest absolute Gasteiger partial charge is 0.478 e. The number of benzene rings is 3. The summed E-state index contributed by atoms with van der Waals surface area (Å²) in [5, 5.41) is 12.3. The van der Waals surface area contributed by atoms with Crippen molar-refractivity contribution in [2.24, 2.45) is 0 Å². The second-order valence-corrected chi connectivity index (χ2v) is 6.04. The zero-order valence-corrected chi connectivity index (χ0v) is 13.9. The number of hydrogen-bond donors (Lipinski definition) is 3. The van der Waals surface area contributed by atoms with Crippen LogP contribution in [-0.2, 0) is 6.54 Å². The molecular formula is C21H17N3O2. The minimum Gasteiger partial charge on any atom is -0.478 e. The van der Waals surface area contributed by atoms with Crippen LogP contribution < -0.4 is 5.32 Å². The third kappa shape index (κ3) is 3.28. The number of nitrogens with zero attached hydrogens (tertiary/aromatic N) is 1. The van der Waals surface area contributed by atoms with Crippen LogP contribution >= 0.6 is 0 Å². The summed E-state index contributed by atoms with van der Waals surface area (Å²) in [5.74, 6) is -0.0623. The van der Waals surface area contributed by atoms with Crippen molar-refractivity contribution in [2.45, 2.75) is 6.54 Å². The van der Waals surface area contributed by atoms with E-state index in [1.54, 1.807) is 12.1 Å². The van der Waals surface area contributed by atoms with Gasteiger partial charge < -0.3 is 15.4 Å². The summed E-state index contributed by atoms with van der Waals surface area (Å²) in [6.07, 6.45) is 0. The van der Waals surface area contributed by atoms with Gasteiger partial charge in [0.25, 0.3) is 0 Å². The number of aromatic nitrogens is 2. The molecule has 0 spiro atoms. The van der Waals surface area contributed by atoms with Crippen molar-refractivity contribution in [1.29, 1.82) is 0 Å². The molecule has 128 valence electrons. The number of aromatic amines is 1. The van der Waals surface area contributed by atoms with Gasteiger partial charge in [0.15, 0.2) is 0 Å². The number of fused-ring (bicyclic) bond motifs is 1. The van der Waals surface area contributed by atoms with Crippen LogP contribution in [0.2, 0.25) is 0 Å². The number of anilines is 1. The SMILES string of the molecule is O=C(O)c1ccc(CNc2ccc(-c3nc4ccccc4[nH]3)cc2)cc1. The second kappa shape index (κ2) is 6.72. The highest BCUT2D eigenvalue weighted by Crippen LogP contribution is 2.22. The first-order chi connectivity index (χ1) is 12.7. The van der Waals surface area contributed by atoms with E-state index in [4.69, 9.17) is 5.11 Å². The van der Waals surface area contributed by atoms with Gasteiger partial charge in [0.2, 0.25) is 0 Å². The Morgan fingerprint density at radius 2 is 1.69 bits per heavy atom. The topological polar surface area (TPSA) is 78.0 Å². The first kappa shape index (κ1) is 15.9. The maximum Gasteiger partial charge on any atom is 0.335 e. The van der Waals surface area contributed by atoms with Gasteiger partial charge in [0.1, 0.15) is 5.82 Å². The summed E-state index contributed by atoms with van der Waals surface area (Å²) >= 11 is 0. The summed E-state index contributed by atoms with van der Waals surface area (Å²) in [4.78, 5) is 18.8. The summed E-state index contributed by atoms with van der Waals surface area (Å²) in [7, 11) is 0. The Kier molecular flexibility index (Phi) is 4.11. The predicted octanol–water partition coefficient (Wildman–Crippen LogP) is 4.54. The van der Waals surface area contributed by atoms with Gasteiger partial charge in [-0.2, -0.15) is 0 Å². The quantitative estimate of drug-likeness (QED) is 0.497. The Morgan fingerprint density at radius 3 is 2.38 bits per heavy atom. The molecule has 0 aliphatic rings. The first-order valence-electron chi connectivity index (χ1n) is 8.30. The van der Waals surface area contributed by atoms with Crippen LogP contribution in [0, 0.1) is 0 Å². The monoisotopic (exact) mass is 343 g/mol. The normalized spacial score (nSPS) is 10.8. The number of rotatable bonds is 5. The maximum absolute atomic E-state index is 10.9. The van der Waals surface area contributed by atoms with Gasteiger partial charge in [-0.1, -0.05) is 24.3 Å². The molecule has 26 heavy (non-hydrogen) atoms. The zero-order chi connectivity index (χ0) is 17.9. The van der Waals surface area contributed by atoms with E-state index < -0.39 is 5.97 Å². The van der Waals surface area contributed by atoms with Gasteiger partial charge in [0, 0.05) is 17.8 Å². The molecule has 1 aromatic heterocycles. The van der Waals surface area contributed by atoms with E-state index in [0.717, 1.165) is 33.7 Å². The lowest BCUT2D eigenvalue weighted by molar-refractivity contribution is 0.0697. The van der Waals surface area contributed by atoms with Crippen molar-refractivity contribution >= 4 is 22.7 Å². The molecule has 4 rings (SSSR count). The number of para-hydroxylation sites is 2. The predicted molar refractivity (Wildman–Crippen MR) is 102 cm³/mol. The summed E-state index contributed by atoms with van der Waals surface area (Å²) in [6.45, 7) is 0.629. The number of hydrogen-bond acceptors (Lipinski definition) is 3. The van der Waals surface area contributed by atoms with Gasteiger partial charge in [-0.15, -0.1) is 0 Å². The lowest BCUT2D eigenvalue weighted by Gasteiger charge is -2.07. The Hall–Kier alpha value is -3.60. The van der Waals surface area contributed by atoms with Crippen LogP contribution in [0.25, 0.3) is 22.4 Å². The van der Waals surface area contributed by atoms with Gasteiger partial charge in [-0.25, -0.2) is 9.78 Å². The molecule has 0 unspecified atom stereocenters. The van der Waals surface area contributed by atoms with E-state index in [-0.39, 0.29) is 0 Å². The van der Waals surface area contributed by atoms with Crippen molar-refractivity contribution in [2.75, 3.05) is 5.32 Å². The lowest BCUT2D eigenvalue weighted by atomic mass is 10.1. The number of nitrogens with one attached hydrogen (secondary N) is 2. The Bertz CT molecular complexity index is 1020. The number of carboxylic acids is 1. The Labute approximate surface area is 150 Å². The van der Waals surface area contributed by atoms with E-state index in [1.165, 1.54) is 0 Å². The molecule has 1 heterocycles. The molecule has 0 aliphatic carbocycles. The number of carboxylic acid groups (broad SMARTS) is 1. The minimum absolute atomic E-state index is 0.295. The molecule has 0 atom stereocenters. The molecule has 0 aliphatic heterocycles. The van der Waals surface area contributed by atoms with Crippen molar-refractivity contribution in [1.82, 2.24) is 9.97 Å². The van der Waals surface area contributed by atoms with E-state index >= 15 is 0 Å². The number of imidazole rings is 1. The van der Waals surface area contributed by atoms with E-state index in [1.807, 2.05) is 60.7 Å². The standard InChI is InChI=1S/C21H17N3O2/c25-21(26)16-7-5-14(6-8-16)13-22-17-11-9-15(10-12-17)20-23-18-3-1-2-4-19(18)24-20/h1-12,22H,13H2,(H,23,24)(H,25,26). The average molecular weight is 343 g/mol. The maximum atomic E-state index is 10.9. The molecule has 5 nitrogen and oxygen atoms in total. The molecule has 5 heteroatoms. The van der Waals surface area contributed by atoms with E-state index in [9.17, 15) is 4.79 Å². The molecule has 0 bridgehead atoms. The molecule has 0 saturated heterocycles. The molecule has 0 radical (unpaired) electrons. The summed E-state index contributed by atoms with van der Waals surface area (Å²) in [5.41, 5.74) is 5.31. The summed E-state index contributed by atoms with van der Waals surface area (Å²) in [6, 6.07) is 22.9. The first-order valence-corrected chi connectivity index (χ1v) is 8.30. The van der Waals surface area contributed by atoms with Crippen molar-refractivity contribution in [3.05, 3.63) is 83.9 Å². The smallest absolute Gasteiger partial charge is 0.335 e. The molecule has 0 saturated carbocycles. The van der Waals surface area contributed by atoms with Gasteiger partial charge in [-0.3, -0.25) is 0 Å². The van der Waals surface area contributed by atoms with Gasteiger partial charge in [-0.05, 0) is 54.1 Å². The third-order valence-corrected chi connectivity index (χ3v) is 4.25. The van der Waals surface area contributed by atoms with Crippen molar-refractivity contribution in [3.8, 4) is 11.4 Å². The van der Waals surface area contributed by atoms with Crippen LogP contribution in [0.4, 0.5) is 5.69 Å². The second-order valence-electron chi connectivity index (χ2n) is 6.04. The third-order valence-electron chi connectivity index (χ3n) is 4.25. The zero-order valence-electron chi connectivity index (χ0n) is 13.9. The molecule has 3 aromatic carbocycles. The molecule has 4 aromatic rings. The fraction of sp³-hybridized carbons (Fsp3) is 0.0476. The van der Waals surface area contributed by atoms with Crippen LogP contribution in [0.3, 0.4) is 0 Å². The highest BCUT2D eigenvalue weighted by atomic mass is 16.4. The van der Waals surface area contributed by atoms with Crippen LogP contribution in [0.1, 0.15) is 15.9 Å². The fourth-order valence-electron chi connectivity index (χ4n) is 2.80. The molecular weight excluding hydrogens is 326 g/mol. The number of H-pyrrole nitrogens is 1. The molecule has 0 amide bonds. The fourth-order valence-corrected chi connectivity index (χ4v) is 2.80. The highest BCUT2D eigenvalue weighted by Gasteiger charge is 2.05. The Morgan fingerprint density at radius 1 is 0.962 bits per heavy atom. The van der Waals surface area contributed by atoms with E-state index in [2.05, 4.69) is 15.3 Å². The van der Waals surface area contributed by atoms with Gasteiger partial charge in [0.05, 0.1) is 16.6 Å². The molecule has 0 fully saturated rings.